The maximum absolute atomic E-state index is 13.2. The normalized spacial score (nSPS) is 12.0. The van der Waals surface area contributed by atoms with Crippen molar-refractivity contribution in [1.82, 2.24) is 4.98 Å². The summed E-state index contributed by atoms with van der Waals surface area (Å²) < 4.78 is 13.2. The predicted octanol–water partition coefficient (Wildman–Crippen LogP) is 4.09. The second-order valence-electron chi connectivity index (χ2n) is 5.77. The average Bonchev–Trinajstić information content (AvgIpc) is 2.88. The van der Waals surface area contributed by atoms with Gasteiger partial charge in [0.15, 0.2) is 5.78 Å². The number of carbonyl (C=O) groups excluding carboxylic acids is 1. The fourth-order valence-electron chi connectivity index (χ4n) is 3.01. The second kappa shape index (κ2) is 5.89. The van der Waals surface area contributed by atoms with Crippen molar-refractivity contribution in [3.8, 4) is 11.3 Å². The van der Waals surface area contributed by atoms with Gasteiger partial charge < -0.3 is 5.32 Å². The molecule has 0 saturated heterocycles. The van der Waals surface area contributed by atoms with E-state index in [1.54, 1.807) is 6.07 Å². The summed E-state index contributed by atoms with van der Waals surface area (Å²) in [6, 6.07) is 17.7. The smallest absolute Gasteiger partial charge is 0.195 e. The highest BCUT2D eigenvalue weighted by atomic mass is 19.1. The largest absolute Gasteiger partial charge is 0.370 e. The van der Waals surface area contributed by atoms with Crippen molar-refractivity contribution in [2.45, 2.75) is 6.42 Å². The highest BCUT2D eigenvalue weighted by molar-refractivity contribution is 6.21. The number of carbonyl (C=O) groups is 1. The van der Waals surface area contributed by atoms with Crippen LogP contribution in [0.4, 0.5) is 10.2 Å². The number of benzene rings is 2. The van der Waals surface area contributed by atoms with Crippen LogP contribution in [0.5, 0.6) is 0 Å². The lowest BCUT2D eigenvalue weighted by Crippen LogP contribution is -2.07. The van der Waals surface area contributed by atoms with Crippen molar-refractivity contribution in [1.29, 1.82) is 0 Å². The standard InChI is InChI=1S/C20H15FN2O/c21-14-5-3-4-13(12-14)10-11-22-18-9-8-17-19(23-18)15-6-1-2-7-16(15)20(17)24/h1-9,12H,10-11H2,(H,22,23). The minimum Gasteiger partial charge on any atom is -0.370 e. The van der Waals surface area contributed by atoms with Gasteiger partial charge in [-0.25, -0.2) is 9.37 Å². The average molecular weight is 318 g/mol. The van der Waals surface area contributed by atoms with Crippen LogP contribution in [0.3, 0.4) is 0 Å². The molecule has 0 unspecified atom stereocenters. The quantitative estimate of drug-likeness (QED) is 0.616. The van der Waals surface area contributed by atoms with Crippen LogP contribution in [0.2, 0.25) is 0 Å². The topological polar surface area (TPSA) is 42.0 Å². The number of ketones is 1. The van der Waals surface area contributed by atoms with Gasteiger partial charge >= 0.3 is 0 Å². The number of nitrogens with one attached hydrogen (secondary N) is 1. The Labute approximate surface area is 139 Å². The van der Waals surface area contributed by atoms with Crippen molar-refractivity contribution in [3.05, 3.63) is 83.2 Å². The number of pyridine rings is 1. The second-order valence-corrected chi connectivity index (χ2v) is 5.77. The number of aromatic nitrogens is 1. The Morgan fingerprint density at radius 2 is 1.75 bits per heavy atom. The van der Waals surface area contributed by atoms with Gasteiger partial charge in [0.2, 0.25) is 0 Å². The van der Waals surface area contributed by atoms with E-state index in [0.29, 0.717) is 24.1 Å². The van der Waals surface area contributed by atoms with E-state index in [1.807, 2.05) is 42.5 Å². The zero-order valence-corrected chi connectivity index (χ0v) is 12.9. The Hall–Kier alpha value is -3.01. The first-order valence-corrected chi connectivity index (χ1v) is 7.86. The molecule has 4 rings (SSSR count). The molecule has 0 radical (unpaired) electrons. The molecule has 1 aliphatic carbocycles. The fourth-order valence-corrected chi connectivity index (χ4v) is 3.01. The van der Waals surface area contributed by atoms with Crippen molar-refractivity contribution in [3.63, 3.8) is 0 Å². The van der Waals surface area contributed by atoms with Gasteiger partial charge in [-0.2, -0.15) is 0 Å². The first kappa shape index (κ1) is 14.6. The Morgan fingerprint density at radius 3 is 2.58 bits per heavy atom. The molecule has 2 aromatic carbocycles. The number of hydrogen-bond donors (Lipinski definition) is 1. The summed E-state index contributed by atoms with van der Waals surface area (Å²) in [6.07, 6.45) is 0.700. The lowest BCUT2D eigenvalue weighted by molar-refractivity contribution is 0.104. The van der Waals surface area contributed by atoms with Gasteiger partial charge in [-0.15, -0.1) is 0 Å². The van der Waals surface area contributed by atoms with Crippen molar-refractivity contribution < 1.29 is 9.18 Å². The van der Waals surface area contributed by atoms with Gasteiger partial charge in [-0.05, 0) is 36.2 Å². The molecule has 0 bridgehead atoms. The minimum atomic E-state index is -0.224. The molecule has 3 aromatic rings. The predicted molar refractivity (Wildman–Crippen MR) is 91.7 cm³/mol. The molecule has 1 N–H and O–H groups in total. The lowest BCUT2D eigenvalue weighted by Gasteiger charge is -2.08. The van der Waals surface area contributed by atoms with E-state index in [-0.39, 0.29) is 11.6 Å². The van der Waals surface area contributed by atoms with E-state index in [0.717, 1.165) is 22.6 Å². The molecule has 0 saturated carbocycles. The van der Waals surface area contributed by atoms with E-state index >= 15 is 0 Å². The zero-order chi connectivity index (χ0) is 16.5. The van der Waals surface area contributed by atoms with E-state index in [9.17, 15) is 9.18 Å². The number of nitrogens with zero attached hydrogens (tertiary/aromatic N) is 1. The van der Waals surface area contributed by atoms with Crippen molar-refractivity contribution in [2.24, 2.45) is 0 Å². The minimum absolute atomic E-state index is 0.0272. The van der Waals surface area contributed by atoms with E-state index in [2.05, 4.69) is 10.3 Å². The van der Waals surface area contributed by atoms with Gasteiger partial charge in [0.1, 0.15) is 11.6 Å². The molecular weight excluding hydrogens is 303 g/mol. The molecule has 0 amide bonds. The van der Waals surface area contributed by atoms with E-state index in [1.165, 1.54) is 12.1 Å². The summed E-state index contributed by atoms with van der Waals surface area (Å²) >= 11 is 0. The first-order valence-electron chi connectivity index (χ1n) is 7.86. The number of fused-ring (bicyclic) bond motifs is 3. The molecule has 0 aliphatic heterocycles. The summed E-state index contributed by atoms with van der Waals surface area (Å²) in [5.74, 6) is 0.521. The zero-order valence-electron chi connectivity index (χ0n) is 12.9. The third-order valence-corrected chi connectivity index (χ3v) is 4.18. The van der Waals surface area contributed by atoms with Crippen LogP contribution in [0.25, 0.3) is 11.3 Å². The van der Waals surface area contributed by atoms with Crippen LogP contribution in [0, 0.1) is 5.82 Å². The van der Waals surface area contributed by atoms with Crippen LogP contribution in [-0.4, -0.2) is 17.3 Å². The molecule has 4 heteroatoms. The summed E-state index contributed by atoms with van der Waals surface area (Å²) in [4.78, 5) is 16.9. The molecule has 1 aliphatic rings. The van der Waals surface area contributed by atoms with Crippen LogP contribution in [-0.2, 0) is 6.42 Å². The van der Waals surface area contributed by atoms with Gasteiger partial charge in [-0.1, -0.05) is 36.4 Å². The van der Waals surface area contributed by atoms with Crippen LogP contribution < -0.4 is 5.32 Å². The van der Waals surface area contributed by atoms with Crippen LogP contribution in [0.15, 0.2) is 60.7 Å². The Kier molecular flexibility index (Phi) is 3.58. The van der Waals surface area contributed by atoms with Crippen LogP contribution in [0.1, 0.15) is 21.5 Å². The fraction of sp³-hybridized carbons (Fsp3) is 0.100. The van der Waals surface area contributed by atoms with E-state index < -0.39 is 0 Å². The summed E-state index contributed by atoms with van der Waals surface area (Å²) in [5.41, 5.74) is 3.89. The van der Waals surface area contributed by atoms with Crippen molar-refractivity contribution in [2.75, 3.05) is 11.9 Å². The van der Waals surface area contributed by atoms with Crippen LogP contribution >= 0.6 is 0 Å². The molecule has 1 aromatic heterocycles. The van der Waals surface area contributed by atoms with Gasteiger partial charge in [0.25, 0.3) is 0 Å². The number of anilines is 1. The number of hydrogen-bond acceptors (Lipinski definition) is 3. The molecule has 0 fully saturated rings. The molecule has 0 spiro atoms. The maximum atomic E-state index is 13.2. The SMILES string of the molecule is O=C1c2ccccc2-c2nc(NCCc3cccc(F)c3)ccc21. The number of halogens is 1. The molecule has 0 atom stereocenters. The van der Waals surface area contributed by atoms with Gasteiger partial charge in [-0.3, -0.25) is 4.79 Å². The third-order valence-electron chi connectivity index (χ3n) is 4.18. The summed E-state index contributed by atoms with van der Waals surface area (Å²) in [6.45, 7) is 0.644. The third kappa shape index (κ3) is 2.56. The highest BCUT2D eigenvalue weighted by Gasteiger charge is 2.27. The summed E-state index contributed by atoms with van der Waals surface area (Å²) in [7, 11) is 0. The lowest BCUT2D eigenvalue weighted by atomic mass is 10.1. The Bertz CT molecular complexity index is 936. The molecule has 1 heterocycles. The Morgan fingerprint density at radius 1 is 0.917 bits per heavy atom. The molecular formula is C20H15FN2O. The van der Waals surface area contributed by atoms with Gasteiger partial charge in [0.05, 0.1) is 5.69 Å². The molecule has 24 heavy (non-hydrogen) atoms. The molecule has 118 valence electrons. The van der Waals surface area contributed by atoms with Gasteiger partial charge in [0, 0.05) is 23.2 Å². The van der Waals surface area contributed by atoms with Crippen molar-refractivity contribution >= 4 is 11.6 Å². The Balaban J connectivity index is 1.52. The summed E-state index contributed by atoms with van der Waals surface area (Å²) in [5, 5.41) is 3.24. The first-order chi connectivity index (χ1) is 11.7. The molecule has 3 nitrogen and oxygen atoms in total. The van der Waals surface area contributed by atoms with E-state index in [4.69, 9.17) is 0 Å². The number of rotatable bonds is 4. The highest BCUT2D eigenvalue weighted by Crippen LogP contribution is 2.35. The maximum Gasteiger partial charge on any atom is 0.195 e. The monoisotopic (exact) mass is 318 g/mol.